The molecule has 1 aromatic heterocycles. The molecule has 0 bridgehead atoms. The number of hydrogen-bond acceptors (Lipinski definition) is 8. The first-order valence-electron chi connectivity index (χ1n) is 8.57. The van der Waals surface area contributed by atoms with Crippen LogP contribution < -0.4 is 14.9 Å². The topological polar surface area (TPSA) is 133 Å². The molecule has 2 aromatic carbocycles. The van der Waals surface area contributed by atoms with E-state index in [-0.39, 0.29) is 22.9 Å². The zero-order valence-electron chi connectivity index (χ0n) is 15.4. The van der Waals surface area contributed by atoms with Gasteiger partial charge in [-0.1, -0.05) is 24.3 Å². The number of furan rings is 1. The van der Waals surface area contributed by atoms with E-state index in [1.54, 1.807) is 36.4 Å². The summed E-state index contributed by atoms with van der Waals surface area (Å²) in [6.07, 6.45) is 2.70. The first-order chi connectivity index (χ1) is 14.5. The first-order valence-corrected chi connectivity index (χ1v) is 8.57. The van der Waals surface area contributed by atoms with Gasteiger partial charge in [0.05, 0.1) is 17.4 Å². The van der Waals surface area contributed by atoms with Crippen LogP contribution in [-0.2, 0) is 4.79 Å². The van der Waals surface area contributed by atoms with Gasteiger partial charge in [-0.15, -0.1) is 0 Å². The third kappa shape index (κ3) is 5.52. The molecule has 3 aromatic rings. The molecule has 0 saturated heterocycles. The van der Waals surface area contributed by atoms with E-state index in [9.17, 15) is 19.7 Å². The molecule has 0 atom stereocenters. The van der Waals surface area contributed by atoms with Crippen molar-refractivity contribution in [2.75, 3.05) is 6.61 Å². The summed E-state index contributed by atoms with van der Waals surface area (Å²) in [6, 6.07) is 15.2. The number of benzene rings is 2. The molecule has 10 nitrogen and oxygen atoms in total. The highest BCUT2D eigenvalue weighted by atomic mass is 16.6. The van der Waals surface area contributed by atoms with Gasteiger partial charge in [0.25, 0.3) is 5.91 Å². The monoisotopic (exact) mass is 409 g/mol. The minimum absolute atomic E-state index is 0.0206. The molecule has 0 aliphatic rings. The lowest BCUT2D eigenvalue weighted by Gasteiger charge is -2.05. The Labute approximate surface area is 169 Å². The van der Waals surface area contributed by atoms with Gasteiger partial charge in [0.1, 0.15) is 5.75 Å². The van der Waals surface area contributed by atoms with Gasteiger partial charge in [-0.3, -0.25) is 14.9 Å². The third-order valence-corrected chi connectivity index (χ3v) is 3.61. The molecule has 0 aliphatic carbocycles. The summed E-state index contributed by atoms with van der Waals surface area (Å²) in [5.41, 5.74) is 2.56. The maximum Gasteiger partial charge on any atom is 0.379 e. The van der Waals surface area contributed by atoms with Crippen molar-refractivity contribution in [1.29, 1.82) is 0 Å². The van der Waals surface area contributed by atoms with Crippen LogP contribution in [0.4, 0.5) is 5.69 Å². The SMILES string of the molecule is O=C(COc1ccccc1[N+](=O)[O-])N/N=C/c1cccc(OC(=O)c2ccco2)c1. The van der Waals surface area contributed by atoms with Gasteiger partial charge in [0.2, 0.25) is 5.76 Å². The van der Waals surface area contributed by atoms with Gasteiger partial charge < -0.3 is 13.9 Å². The van der Waals surface area contributed by atoms with Crippen LogP contribution in [0.25, 0.3) is 0 Å². The van der Waals surface area contributed by atoms with E-state index in [1.165, 1.54) is 36.7 Å². The number of esters is 1. The number of hydrogen-bond donors (Lipinski definition) is 1. The van der Waals surface area contributed by atoms with Gasteiger partial charge in [-0.25, -0.2) is 10.2 Å². The first kappa shape index (κ1) is 20.3. The van der Waals surface area contributed by atoms with E-state index in [2.05, 4.69) is 10.5 Å². The van der Waals surface area contributed by atoms with Crippen molar-refractivity contribution in [3.63, 3.8) is 0 Å². The number of nitrogens with one attached hydrogen (secondary N) is 1. The van der Waals surface area contributed by atoms with Crippen molar-refractivity contribution in [2.24, 2.45) is 5.10 Å². The molecule has 0 radical (unpaired) electrons. The molecule has 1 amide bonds. The summed E-state index contributed by atoms with van der Waals surface area (Å²) >= 11 is 0. The molecule has 1 heterocycles. The van der Waals surface area contributed by atoms with Crippen LogP contribution in [0, 0.1) is 10.1 Å². The molecule has 0 unspecified atom stereocenters. The molecule has 3 rings (SSSR count). The standard InChI is InChI=1S/C20H15N3O7/c24-19(13-29-17-8-2-1-7-16(17)23(26)27)22-21-12-14-5-3-6-15(11-14)30-20(25)18-9-4-10-28-18/h1-12H,13H2,(H,22,24)/b21-12+. The largest absolute Gasteiger partial charge is 0.477 e. The number of nitro benzene ring substituents is 1. The van der Waals surface area contributed by atoms with Crippen LogP contribution >= 0.6 is 0 Å². The fourth-order valence-electron chi connectivity index (χ4n) is 2.29. The second-order valence-corrected chi connectivity index (χ2v) is 5.75. The normalized spacial score (nSPS) is 10.5. The molecule has 152 valence electrons. The predicted octanol–water partition coefficient (Wildman–Crippen LogP) is 2.94. The number of rotatable bonds is 8. The summed E-state index contributed by atoms with van der Waals surface area (Å²) in [7, 11) is 0. The molecule has 0 fully saturated rings. The molecular weight excluding hydrogens is 394 g/mol. The zero-order chi connectivity index (χ0) is 21.3. The molecule has 0 saturated carbocycles. The summed E-state index contributed by atoms with van der Waals surface area (Å²) < 4.78 is 15.3. The number of carbonyl (C=O) groups excluding carboxylic acids is 2. The number of nitro groups is 1. The van der Waals surface area contributed by atoms with Crippen molar-refractivity contribution in [2.45, 2.75) is 0 Å². The Morgan fingerprint density at radius 1 is 1.13 bits per heavy atom. The van der Waals surface area contributed by atoms with Crippen LogP contribution in [0.3, 0.4) is 0 Å². The highest BCUT2D eigenvalue weighted by Crippen LogP contribution is 2.25. The maximum absolute atomic E-state index is 11.9. The fraction of sp³-hybridized carbons (Fsp3) is 0.0500. The van der Waals surface area contributed by atoms with Crippen molar-refractivity contribution in [1.82, 2.24) is 5.43 Å². The smallest absolute Gasteiger partial charge is 0.379 e. The number of nitrogens with zero attached hydrogens (tertiary/aromatic N) is 2. The lowest BCUT2D eigenvalue weighted by Crippen LogP contribution is -2.24. The summed E-state index contributed by atoms with van der Waals surface area (Å²) in [4.78, 5) is 34.0. The van der Waals surface area contributed by atoms with E-state index in [1.807, 2.05) is 0 Å². The van der Waals surface area contributed by atoms with Gasteiger partial charge in [0, 0.05) is 6.07 Å². The minimum atomic E-state index is -0.644. The van der Waals surface area contributed by atoms with Gasteiger partial charge >= 0.3 is 11.7 Å². The van der Waals surface area contributed by atoms with Crippen molar-refractivity contribution in [3.05, 3.63) is 88.4 Å². The summed E-state index contributed by atoms with van der Waals surface area (Å²) in [6.45, 7) is -0.455. The molecular formula is C20H15N3O7. The second-order valence-electron chi connectivity index (χ2n) is 5.75. The van der Waals surface area contributed by atoms with Gasteiger partial charge in [0.15, 0.2) is 12.4 Å². The molecule has 0 spiro atoms. The Bertz CT molecular complexity index is 1080. The second kappa shape index (κ2) is 9.64. The number of carbonyl (C=O) groups is 2. The van der Waals surface area contributed by atoms with E-state index in [0.29, 0.717) is 5.56 Å². The van der Waals surface area contributed by atoms with Gasteiger partial charge in [-0.05, 0) is 35.9 Å². The average Bonchev–Trinajstić information content (AvgIpc) is 3.28. The fourth-order valence-corrected chi connectivity index (χ4v) is 2.29. The Morgan fingerprint density at radius 3 is 2.73 bits per heavy atom. The Morgan fingerprint density at radius 2 is 1.97 bits per heavy atom. The van der Waals surface area contributed by atoms with E-state index in [4.69, 9.17) is 13.9 Å². The van der Waals surface area contributed by atoms with Crippen molar-refractivity contribution in [3.8, 4) is 11.5 Å². The van der Waals surface area contributed by atoms with Crippen molar-refractivity contribution < 1.29 is 28.4 Å². The van der Waals surface area contributed by atoms with Crippen LogP contribution in [0.15, 0.2) is 76.4 Å². The lowest BCUT2D eigenvalue weighted by molar-refractivity contribution is -0.385. The van der Waals surface area contributed by atoms with Gasteiger partial charge in [-0.2, -0.15) is 5.10 Å². The zero-order valence-corrected chi connectivity index (χ0v) is 15.4. The minimum Gasteiger partial charge on any atom is -0.477 e. The van der Waals surface area contributed by atoms with Crippen molar-refractivity contribution >= 4 is 23.8 Å². The van der Waals surface area contributed by atoms with Crippen LogP contribution in [-0.4, -0.2) is 29.6 Å². The quantitative estimate of drug-likeness (QED) is 0.199. The Balaban J connectivity index is 1.52. The van der Waals surface area contributed by atoms with Crippen LogP contribution in [0.2, 0.25) is 0 Å². The predicted molar refractivity (Wildman–Crippen MR) is 104 cm³/mol. The number of para-hydroxylation sites is 2. The third-order valence-electron chi connectivity index (χ3n) is 3.61. The average molecular weight is 409 g/mol. The Kier molecular flexibility index (Phi) is 6.51. The molecule has 1 N–H and O–H groups in total. The number of ether oxygens (including phenoxy) is 2. The lowest BCUT2D eigenvalue weighted by atomic mass is 10.2. The Hall–Kier alpha value is -4.47. The molecule has 10 heteroatoms. The van der Waals surface area contributed by atoms with E-state index < -0.39 is 23.4 Å². The summed E-state index contributed by atoms with van der Waals surface area (Å²) in [5.74, 6) is -0.932. The number of amides is 1. The highest BCUT2D eigenvalue weighted by molar-refractivity contribution is 5.88. The summed E-state index contributed by atoms with van der Waals surface area (Å²) in [5, 5.41) is 14.7. The van der Waals surface area contributed by atoms with Crippen LogP contribution in [0.5, 0.6) is 11.5 Å². The molecule has 30 heavy (non-hydrogen) atoms. The van der Waals surface area contributed by atoms with E-state index >= 15 is 0 Å². The van der Waals surface area contributed by atoms with Crippen LogP contribution in [0.1, 0.15) is 16.1 Å². The maximum atomic E-state index is 11.9. The molecule has 0 aliphatic heterocycles. The number of hydrazone groups is 1. The van der Waals surface area contributed by atoms with E-state index in [0.717, 1.165) is 0 Å². The highest BCUT2D eigenvalue weighted by Gasteiger charge is 2.15.